The van der Waals surface area contributed by atoms with Crippen LogP contribution < -0.4 is 5.32 Å². The van der Waals surface area contributed by atoms with Gasteiger partial charge in [-0.1, -0.05) is 17.7 Å². The van der Waals surface area contributed by atoms with Gasteiger partial charge in [-0.2, -0.15) is 0 Å². The van der Waals surface area contributed by atoms with Crippen molar-refractivity contribution in [1.82, 2.24) is 10.2 Å². The summed E-state index contributed by atoms with van der Waals surface area (Å²) in [5.41, 5.74) is 0.783. The predicted molar refractivity (Wildman–Crippen MR) is 106 cm³/mol. The number of β-amino-alcohol motifs (C(OH)–C–C–N with tert-alkyl or cyclic N) is 1. The number of benzene rings is 1. The number of rotatable bonds is 7. The average Bonchev–Trinajstić information content (AvgIpc) is 2.46. The van der Waals surface area contributed by atoms with Crippen LogP contribution in [0.15, 0.2) is 29.2 Å². The normalized spacial score (nSPS) is 20.7. The standard InChI is InChI=1S/C17H28N2OS.2ClH/c1-15-5-7-16(8-6-15)21-12-4-11-19(2)14-17(20)9-3-10-18-13-17;;/h5-8,18,20H,3-4,9-14H2,1-2H3;2*1H. The first-order chi connectivity index (χ1) is 10.1. The van der Waals surface area contributed by atoms with Gasteiger partial charge in [0.1, 0.15) is 0 Å². The van der Waals surface area contributed by atoms with Gasteiger partial charge in [-0.3, -0.25) is 0 Å². The van der Waals surface area contributed by atoms with E-state index in [9.17, 15) is 5.11 Å². The van der Waals surface area contributed by atoms with Gasteiger partial charge in [-0.15, -0.1) is 36.6 Å². The Morgan fingerprint density at radius 2 is 1.96 bits per heavy atom. The number of halogens is 2. The smallest absolute Gasteiger partial charge is 0.0897 e. The lowest BCUT2D eigenvalue weighted by Gasteiger charge is -2.36. The average molecular weight is 381 g/mol. The number of thioether (sulfide) groups is 1. The number of hydrogen-bond donors (Lipinski definition) is 2. The molecule has 2 rings (SSSR count). The van der Waals surface area contributed by atoms with Gasteiger partial charge in [0, 0.05) is 18.0 Å². The molecular formula is C17H30Cl2N2OS. The monoisotopic (exact) mass is 380 g/mol. The third-order valence-corrected chi connectivity index (χ3v) is 5.09. The Balaban J connectivity index is 0.00000242. The third-order valence-electron chi connectivity index (χ3n) is 3.99. The predicted octanol–water partition coefficient (Wildman–Crippen LogP) is 3.37. The van der Waals surface area contributed by atoms with E-state index in [0.29, 0.717) is 0 Å². The van der Waals surface area contributed by atoms with E-state index in [1.807, 2.05) is 11.8 Å². The minimum absolute atomic E-state index is 0. The number of piperidine rings is 1. The van der Waals surface area contributed by atoms with Crippen molar-refractivity contribution in [2.75, 3.05) is 39.0 Å². The van der Waals surface area contributed by atoms with Crippen LogP contribution in [0.1, 0.15) is 24.8 Å². The van der Waals surface area contributed by atoms with Gasteiger partial charge >= 0.3 is 0 Å². The zero-order valence-electron chi connectivity index (χ0n) is 14.1. The maximum absolute atomic E-state index is 10.5. The fourth-order valence-electron chi connectivity index (χ4n) is 2.83. The van der Waals surface area contributed by atoms with Crippen LogP contribution >= 0.6 is 36.6 Å². The van der Waals surface area contributed by atoms with Crippen LogP contribution in [0.25, 0.3) is 0 Å². The molecule has 1 aromatic carbocycles. The van der Waals surface area contributed by atoms with E-state index < -0.39 is 5.60 Å². The quantitative estimate of drug-likeness (QED) is 0.561. The molecule has 0 aromatic heterocycles. The highest BCUT2D eigenvalue weighted by Gasteiger charge is 2.30. The Hall–Kier alpha value is 0.0300. The summed E-state index contributed by atoms with van der Waals surface area (Å²) in [7, 11) is 2.11. The van der Waals surface area contributed by atoms with Crippen molar-refractivity contribution in [2.45, 2.75) is 36.7 Å². The molecule has 1 heterocycles. The molecule has 1 aromatic rings. The number of hydrogen-bond acceptors (Lipinski definition) is 4. The molecule has 1 fully saturated rings. The third kappa shape index (κ3) is 8.62. The van der Waals surface area contributed by atoms with Gasteiger partial charge in [0.2, 0.25) is 0 Å². The highest BCUT2D eigenvalue weighted by Crippen LogP contribution is 2.20. The minimum atomic E-state index is -0.531. The minimum Gasteiger partial charge on any atom is -0.387 e. The molecule has 0 saturated carbocycles. The Labute approximate surface area is 157 Å². The molecule has 0 bridgehead atoms. The Kier molecular flexibility index (Phi) is 11.6. The summed E-state index contributed by atoms with van der Waals surface area (Å²) in [6, 6.07) is 8.72. The largest absolute Gasteiger partial charge is 0.387 e. The molecule has 1 aliphatic heterocycles. The molecule has 23 heavy (non-hydrogen) atoms. The molecule has 2 N–H and O–H groups in total. The first-order valence-electron chi connectivity index (χ1n) is 7.89. The Morgan fingerprint density at radius 3 is 2.57 bits per heavy atom. The number of aryl methyl sites for hydroxylation is 1. The fourth-order valence-corrected chi connectivity index (χ4v) is 3.67. The topological polar surface area (TPSA) is 35.5 Å². The maximum atomic E-state index is 10.5. The van der Waals surface area contributed by atoms with E-state index >= 15 is 0 Å². The highest BCUT2D eigenvalue weighted by atomic mass is 35.5. The second kappa shape index (κ2) is 11.6. The molecule has 0 aliphatic carbocycles. The number of nitrogens with one attached hydrogen (secondary N) is 1. The lowest BCUT2D eigenvalue weighted by atomic mass is 9.94. The number of likely N-dealkylation sites (N-methyl/N-ethyl adjacent to an activating group) is 1. The van der Waals surface area contributed by atoms with E-state index in [1.54, 1.807) is 0 Å². The molecule has 0 amide bonds. The van der Waals surface area contributed by atoms with Crippen LogP contribution in [0.5, 0.6) is 0 Å². The fraction of sp³-hybridized carbons (Fsp3) is 0.647. The first-order valence-corrected chi connectivity index (χ1v) is 8.87. The van der Waals surface area contributed by atoms with Gasteiger partial charge in [0.25, 0.3) is 0 Å². The van der Waals surface area contributed by atoms with E-state index in [0.717, 1.165) is 51.2 Å². The lowest BCUT2D eigenvalue weighted by Crippen LogP contribution is -2.52. The van der Waals surface area contributed by atoms with Gasteiger partial charge in [-0.05, 0) is 64.2 Å². The van der Waals surface area contributed by atoms with E-state index in [2.05, 4.69) is 48.5 Å². The summed E-state index contributed by atoms with van der Waals surface area (Å²) in [6.07, 6.45) is 3.15. The molecule has 1 aliphatic rings. The second-order valence-electron chi connectivity index (χ2n) is 6.26. The summed E-state index contributed by atoms with van der Waals surface area (Å²) in [5.74, 6) is 1.13. The summed E-state index contributed by atoms with van der Waals surface area (Å²) < 4.78 is 0. The van der Waals surface area contributed by atoms with Crippen molar-refractivity contribution >= 4 is 36.6 Å². The Morgan fingerprint density at radius 1 is 1.26 bits per heavy atom. The van der Waals surface area contributed by atoms with Crippen LogP contribution in [0, 0.1) is 6.92 Å². The van der Waals surface area contributed by atoms with Crippen molar-refractivity contribution in [3.8, 4) is 0 Å². The molecule has 1 saturated heterocycles. The zero-order valence-corrected chi connectivity index (χ0v) is 16.5. The van der Waals surface area contributed by atoms with E-state index in [1.165, 1.54) is 10.5 Å². The first kappa shape index (κ1) is 23.0. The second-order valence-corrected chi connectivity index (χ2v) is 7.43. The number of nitrogens with zero attached hydrogens (tertiary/aromatic N) is 1. The van der Waals surface area contributed by atoms with Crippen LogP contribution in [-0.2, 0) is 0 Å². The molecule has 6 heteroatoms. The van der Waals surface area contributed by atoms with Crippen molar-refractivity contribution in [1.29, 1.82) is 0 Å². The lowest BCUT2D eigenvalue weighted by molar-refractivity contribution is -0.00947. The van der Waals surface area contributed by atoms with Crippen molar-refractivity contribution < 1.29 is 5.11 Å². The summed E-state index contributed by atoms with van der Waals surface area (Å²) in [5, 5.41) is 13.8. The van der Waals surface area contributed by atoms with Gasteiger partial charge in [0.15, 0.2) is 0 Å². The van der Waals surface area contributed by atoms with Crippen LogP contribution in [0.3, 0.4) is 0 Å². The van der Waals surface area contributed by atoms with Gasteiger partial charge in [0.05, 0.1) is 5.60 Å². The highest BCUT2D eigenvalue weighted by molar-refractivity contribution is 7.99. The van der Waals surface area contributed by atoms with E-state index in [-0.39, 0.29) is 24.8 Å². The Bertz CT molecular complexity index is 425. The van der Waals surface area contributed by atoms with Crippen molar-refractivity contribution in [3.63, 3.8) is 0 Å². The van der Waals surface area contributed by atoms with Gasteiger partial charge < -0.3 is 15.3 Å². The summed E-state index contributed by atoms with van der Waals surface area (Å²) in [6.45, 7) is 5.71. The maximum Gasteiger partial charge on any atom is 0.0897 e. The molecule has 0 spiro atoms. The molecule has 134 valence electrons. The number of aliphatic hydroxyl groups is 1. The summed E-state index contributed by atoms with van der Waals surface area (Å²) in [4.78, 5) is 3.61. The van der Waals surface area contributed by atoms with Crippen LogP contribution in [0.2, 0.25) is 0 Å². The molecule has 1 atom stereocenters. The molecule has 1 unspecified atom stereocenters. The van der Waals surface area contributed by atoms with Crippen LogP contribution in [-0.4, -0.2) is 54.6 Å². The summed E-state index contributed by atoms with van der Waals surface area (Å²) >= 11 is 1.91. The van der Waals surface area contributed by atoms with Crippen LogP contribution in [0.4, 0.5) is 0 Å². The van der Waals surface area contributed by atoms with Crippen molar-refractivity contribution in [2.24, 2.45) is 0 Å². The SMILES string of the molecule is Cc1ccc(SCCCN(C)CC2(O)CCCNC2)cc1.Cl.Cl. The zero-order chi connectivity index (χ0) is 15.1. The van der Waals surface area contributed by atoms with Crippen molar-refractivity contribution in [3.05, 3.63) is 29.8 Å². The molecular weight excluding hydrogens is 351 g/mol. The molecule has 3 nitrogen and oxygen atoms in total. The van der Waals surface area contributed by atoms with E-state index in [4.69, 9.17) is 0 Å². The van der Waals surface area contributed by atoms with Gasteiger partial charge in [-0.25, -0.2) is 0 Å². The molecule has 0 radical (unpaired) electrons.